The third-order valence-corrected chi connectivity index (χ3v) is 7.35. The molecule has 0 N–H and O–H groups in total. The first kappa shape index (κ1) is 17.8. The molecular formula is C21H24N2OS2. The van der Waals surface area contributed by atoms with Crippen molar-refractivity contribution in [3.05, 3.63) is 58.6 Å². The summed E-state index contributed by atoms with van der Waals surface area (Å²) in [6.45, 7) is 4.64. The number of ether oxygens (including phenoxy) is 1. The van der Waals surface area contributed by atoms with Crippen molar-refractivity contribution in [3.8, 4) is 5.88 Å². The van der Waals surface area contributed by atoms with Crippen molar-refractivity contribution in [2.75, 3.05) is 31.8 Å². The number of benzene rings is 1. The molecule has 3 nitrogen and oxygen atoms in total. The Hall–Kier alpha value is -1.56. The maximum atomic E-state index is 5.54. The van der Waals surface area contributed by atoms with Crippen LogP contribution in [0.4, 0.5) is 0 Å². The molecule has 1 atom stereocenters. The van der Waals surface area contributed by atoms with Crippen LogP contribution in [-0.4, -0.2) is 41.7 Å². The average Bonchev–Trinajstić information content (AvgIpc) is 3.33. The van der Waals surface area contributed by atoms with Gasteiger partial charge in [-0.05, 0) is 29.5 Å². The van der Waals surface area contributed by atoms with Crippen molar-refractivity contribution < 1.29 is 4.74 Å². The fourth-order valence-corrected chi connectivity index (χ4v) is 6.05. The largest absolute Gasteiger partial charge is 0.481 e. The zero-order valence-electron chi connectivity index (χ0n) is 15.3. The zero-order chi connectivity index (χ0) is 17.9. The average molecular weight is 385 g/mol. The van der Waals surface area contributed by atoms with Gasteiger partial charge in [-0.1, -0.05) is 31.2 Å². The number of fused-ring (bicyclic) bond motifs is 1. The van der Waals surface area contributed by atoms with E-state index in [1.54, 1.807) is 13.3 Å². The van der Waals surface area contributed by atoms with Crippen molar-refractivity contribution in [1.29, 1.82) is 0 Å². The molecule has 1 aliphatic rings. The lowest BCUT2D eigenvalue weighted by molar-refractivity contribution is 0.361. The van der Waals surface area contributed by atoms with Gasteiger partial charge in [-0.25, -0.2) is 4.98 Å². The Kier molecular flexibility index (Phi) is 5.48. The number of thiophene rings is 1. The summed E-state index contributed by atoms with van der Waals surface area (Å²) in [5.41, 5.74) is 2.61. The van der Waals surface area contributed by atoms with E-state index >= 15 is 0 Å². The SMILES string of the molecule is COc1ncccc1C(C)c1c(CCN2CCSC2)sc2ccccc12. The summed E-state index contributed by atoms with van der Waals surface area (Å²) in [5, 5.41) is 1.38. The molecule has 5 heteroatoms. The Labute approximate surface area is 163 Å². The second kappa shape index (κ2) is 7.99. The number of aromatic nitrogens is 1. The lowest BCUT2D eigenvalue weighted by Gasteiger charge is -2.18. The number of thioether (sulfide) groups is 1. The summed E-state index contributed by atoms with van der Waals surface area (Å²) >= 11 is 3.99. The van der Waals surface area contributed by atoms with E-state index in [0.717, 1.165) is 24.4 Å². The van der Waals surface area contributed by atoms with Gasteiger partial charge in [-0.3, -0.25) is 4.90 Å². The van der Waals surface area contributed by atoms with Gasteiger partial charge < -0.3 is 4.74 Å². The van der Waals surface area contributed by atoms with E-state index in [1.807, 2.05) is 29.2 Å². The number of methoxy groups -OCH3 is 1. The Balaban J connectivity index is 1.72. The molecule has 0 bridgehead atoms. The predicted molar refractivity (Wildman–Crippen MR) is 113 cm³/mol. The Morgan fingerprint density at radius 2 is 2.12 bits per heavy atom. The second-order valence-electron chi connectivity index (χ2n) is 6.66. The molecule has 1 aliphatic heterocycles. The van der Waals surface area contributed by atoms with Gasteiger partial charge in [-0.15, -0.1) is 23.1 Å². The van der Waals surface area contributed by atoms with Crippen LogP contribution < -0.4 is 4.74 Å². The number of hydrogen-bond acceptors (Lipinski definition) is 5. The van der Waals surface area contributed by atoms with Crippen LogP contribution in [0.15, 0.2) is 42.6 Å². The molecule has 1 saturated heterocycles. The first-order valence-electron chi connectivity index (χ1n) is 9.07. The van der Waals surface area contributed by atoms with Crippen LogP contribution in [0, 0.1) is 0 Å². The van der Waals surface area contributed by atoms with E-state index in [2.05, 4.69) is 47.1 Å². The van der Waals surface area contributed by atoms with Crippen LogP contribution in [0.3, 0.4) is 0 Å². The van der Waals surface area contributed by atoms with E-state index in [0.29, 0.717) is 0 Å². The third-order valence-electron chi connectivity index (χ3n) is 5.09. The monoisotopic (exact) mass is 384 g/mol. The molecule has 0 saturated carbocycles. The first-order valence-corrected chi connectivity index (χ1v) is 11.0. The van der Waals surface area contributed by atoms with Crippen molar-refractivity contribution in [1.82, 2.24) is 9.88 Å². The van der Waals surface area contributed by atoms with Crippen molar-refractivity contribution >= 4 is 33.2 Å². The Morgan fingerprint density at radius 3 is 2.92 bits per heavy atom. The van der Waals surface area contributed by atoms with Gasteiger partial charge in [0.15, 0.2) is 0 Å². The Morgan fingerprint density at radius 1 is 1.23 bits per heavy atom. The van der Waals surface area contributed by atoms with E-state index in [1.165, 1.54) is 38.7 Å². The van der Waals surface area contributed by atoms with Crippen LogP contribution in [-0.2, 0) is 6.42 Å². The summed E-state index contributed by atoms with van der Waals surface area (Å²) in [5.74, 6) is 3.43. The molecule has 1 aromatic carbocycles. The van der Waals surface area contributed by atoms with Gasteiger partial charge >= 0.3 is 0 Å². The highest BCUT2D eigenvalue weighted by Crippen LogP contribution is 2.41. The molecule has 4 rings (SSSR count). The fourth-order valence-electron chi connectivity index (χ4n) is 3.72. The standard InChI is InChI=1S/C21H24N2OS2/c1-15(16-7-5-10-22-21(16)24-2)20-17-6-3-4-8-18(17)26-19(20)9-11-23-12-13-25-14-23/h3-8,10,15H,9,11-14H2,1-2H3. The molecular weight excluding hydrogens is 360 g/mol. The maximum absolute atomic E-state index is 5.54. The molecule has 0 amide bonds. The zero-order valence-corrected chi connectivity index (χ0v) is 16.9. The van der Waals surface area contributed by atoms with Crippen LogP contribution in [0.25, 0.3) is 10.1 Å². The highest BCUT2D eigenvalue weighted by Gasteiger charge is 2.23. The van der Waals surface area contributed by atoms with Gasteiger partial charge in [0.1, 0.15) is 0 Å². The minimum atomic E-state index is 0.262. The second-order valence-corrected chi connectivity index (χ2v) is 8.88. The minimum Gasteiger partial charge on any atom is -0.481 e. The van der Waals surface area contributed by atoms with E-state index in [-0.39, 0.29) is 5.92 Å². The summed E-state index contributed by atoms with van der Waals surface area (Å²) in [6, 6.07) is 12.9. The minimum absolute atomic E-state index is 0.262. The quantitative estimate of drug-likeness (QED) is 0.597. The van der Waals surface area contributed by atoms with Gasteiger partial charge in [0.25, 0.3) is 0 Å². The molecule has 0 spiro atoms. The van der Waals surface area contributed by atoms with Gasteiger partial charge in [-0.2, -0.15) is 0 Å². The first-order chi connectivity index (χ1) is 12.8. The summed E-state index contributed by atoms with van der Waals surface area (Å²) < 4.78 is 6.92. The molecule has 0 aliphatic carbocycles. The third kappa shape index (κ3) is 3.48. The normalized spacial score (nSPS) is 16.2. The molecule has 26 heavy (non-hydrogen) atoms. The highest BCUT2D eigenvalue weighted by atomic mass is 32.2. The van der Waals surface area contributed by atoms with E-state index in [4.69, 9.17) is 4.74 Å². The number of pyridine rings is 1. The highest BCUT2D eigenvalue weighted by molar-refractivity contribution is 7.99. The molecule has 0 radical (unpaired) electrons. The van der Waals surface area contributed by atoms with Crippen LogP contribution in [0.5, 0.6) is 5.88 Å². The molecule has 1 fully saturated rings. The Bertz CT molecular complexity index is 887. The van der Waals surface area contributed by atoms with Gasteiger partial charge in [0.05, 0.1) is 7.11 Å². The molecule has 3 heterocycles. The van der Waals surface area contributed by atoms with Crippen LogP contribution >= 0.6 is 23.1 Å². The van der Waals surface area contributed by atoms with E-state index in [9.17, 15) is 0 Å². The molecule has 3 aromatic rings. The summed E-state index contributed by atoms with van der Waals surface area (Å²) in [6.07, 6.45) is 2.91. The molecule has 2 aromatic heterocycles. The number of rotatable bonds is 6. The summed E-state index contributed by atoms with van der Waals surface area (Å²) in [7, 11) is 1.70. The van der Waals surface area contributed by atoms with Gasteiger partial charge in [0.2, 0.25) is 5.88 Å². The smallest absolute Gasteiger partial charge is 0.216 e. The fraction of sp³-hybridized carbons (Fsp3) is 0.381. The molecule has 136 valence electrons. The lowest BCUT2D eigenvalue weighted by atomic mass is 9.90. The van der Waals surface area contributed by atoms with Crippen LogP contribution in [0.2, 0.25) is 0 Å². The topological polar surface area (TPSA) is 25.4 Å². The maximum Gasteiger partial charge on any atom is 0.216 e. The van der Waals surface area contributed by atoms with Crippen LogP contribution in [0.1, 0.15) is 28.8 Å². The van der Waals surface area contributed by atoms with Crippen molar-refractivity contribution in [2.45, 2.75) is 19.3 Å². The van der Waals surface area contributed by atoms with Gasteiger partial charge in [0, 0.05) is 52.0 Å². The van der Waals surface area contributed by atoms with Crippen molar-refractivity contribution in [3.63, 3.8) is 0 Å². The number of hydrogen-bond donors (Lipinski definition) is 0. The lowest BCUT2D eigenvalue weighted by Crippen LogP contribution is -2.22. The molecule has 1 unspecified atom stereocenters. The van der Waals surface area contributed by atoms with Crippen molar-refractivity contribution in [2.24, 2.45) is 0 Å². The van der Waals surface area contributed by atoms with E-state index < -0.39 is 0 Å². The number of nitrogens with zero attached hydrogens (tertiary/aromatic N) is 2. The summed E-state index contributed by atoms with van der Waals surface area (Å²) in [4.78, 5) is 8.48. The predicted octanol–water partition coefficient (Wildman–Crippen LogP) is 5.01.